The first-order chi connectivity index (χ1) is 15.8. The summed E-state index contributed by atoms with van der Waals surface area (Å²) in [7, 11) is 0. The van der Waals surface area contributed by atoms with Crippen LogP contribution in [0.5, 0.6) is 0 Å². The Kier molecular flexibility index (Phi) is 8.32. The van der Waals surface area contributed by atoms with Crippen LogP contribution in [0.1, 0.15) is 34.3 Å². The van der Waals surface area contributed by atoms with E-state index < -0.39 is 27.9 Å². The maximum absolute atomic E-state index is 14.1. The van der Waals surface area contributed by atoms with Gasteiger partial charge in [-0.05, 0) is 67.4 Å². The molecule has 0 bridgehead atoms. The predicted molar refractivity (Wildman–Crippen MR) is 136 cm³/mol. The van der Waals surface area contributed by atoms with Gasteiger partial charge >= 0.3 is 0 Å². The van der Waals surface area contributed by atoms with Crippen molar-refractivity contribution in [2.45, 2.75) is 24.1 Å². The van der Waals surface area contributed by atoms with Gasteiger partial charge in [0.1, 0.15) is 4.33 Å². The third-order valence-electron chi connectivity index (χ3n) is 4.68. The Labute approximate surface area is 220 Å². The summed E-state index contributed by atoms with van der Waals surface area (Å²) in [6, 6.07) is 10.1. The minimum atomic E-state index is -1.53. The van der Waals surface area contributed by atoms with E-state index in [1.165, 1.54) is 55.6 Å². The summed E-state index contributed by atoms with van der Waals surface area (Å²) >= 11 is 30.9. The van der Waals surface area contributed by atoms with Crippen LogP contribution in [0.4, 0.5) is 15.9 Å². The lowest BCUT2D eigenvalue weighted by Crippen LogP contribution is -2.32. The summed E-state index contributed by atoms with van der Waals surface area (Å²) < 4.78 is 12.6. The Morgan fingerprint density at radius 3 is 2.24 bits per heavy atom. The highest BCUT2D eigenvalue weighted by molar-refractivity contribution is 6.50. The van der Waals surface area contributed by atoms with E-state index in [0.717, 1.165) is 0 Å². The molecule has 1 atom stereocenters. The molecular formula is C23H17Cl5FN3O2. The standard InChI is InChI=1S/C23H17Cl5FN3O2/c1-11-5-18(29)20(30-10-11)32-21(33)16-9-15(3-4-17(16)26)31-22(34)19(23(2,27)28)12-6-13(24)8-14(25)7-12/h3-10,19H,1-2H3,(H,31,34)(H,30,32,33). The smallest absolute Gasteiger partial charge is 0.258 e. The van der Waals surface area contributed by atoms with E-state index in [-0.39, 0.29) is 22.1 Å². The van der Waals surface area contributed by atoms with Crippen molar-refractivity contribution >= 4 is 81.3 Å². The van der Waals surface area contributed by atoms with Gasteiger partial charge in [-0.3, -0.25) is 9.59 Å². The number of amides is 2. The molecule has 0 radical (unpaired) electrons. The minimum Gasteiger partial charge on any atom is -0.325 e. The van der Waals surface area contributed by atoms with Crippen LogP contribution in [0.2, 0.25) is 15.1 Å². The summed E-state index contributed by atoms with van der Waals surface area (Å²) in [4.78, 5) is 29.7. The number of alkyl halides is 2. The third kappa shape index (κ3) is 6.52. The van der Waals surface area contributed by atoms with Crippen LogP contribution in [0, 0.1) is 12.7 Å². The topological polar surface area (TPSA) is 71.1 Å². The Balaban J connectivity index is 1.88. The van der Waals surface area contributed by atoms with E-state index in [4.69, 9.17) is 58.0 Å². The van der Waals surface area contributed by atoms with Crippen molar-refractivity contribution in [3.63, 3.8) is 0 Å². The third-order valence-corrected chi connectivity index (χ3v) is 5.88. The molecule has 0 aliphatic rings. The summed E-state index contributed by atoms with van der Waals surface area (Å²) in [5.41, 5.74) is 1.21. The normalized spacial score (nSPS) is 12.2. The van der Waals surface area contributed by atoms with Gasteiger partial charge in [0, 0.05) is 21.9 Å². The number of hydrogen-bond acceptors (Lipinski definition) is 3. The van der Waals surface area contributed by atoms with Crippen LogP contribution >= 0.6 is 58.0 Å². The molecule has 0 aliphatic heterocycles. The number of halogens is 6. The first kappa shape index (κ1) is 26.5. The molecule has 3 aromatic rings. The van der Waals surface area contributed by atoms with Crippen LogP contribution in [-0.4, -0.2) is 21.1 Å². The number of benzene rings is 2. The number of nitrogens with zero attached hydrogens (tertiary/aromatic N) is 1. The van der Waals surface area contributed by atoms with Crippen LogP contribution in [0.25, 0.3) is 0 Å². The SMILES string of the molecule is Cc1cnc(NC(=O)c2cc(NC(=O)C(c3cc(Cl)cc(Cl)c3)C(C)(Cl)Cl)ccc2Cl)c(F)c1. The molecule has 0 saturated carbocycles. The van der Waals surface area contributed by atoms with Crippen LogP contribution in [0.3, 0.4) is 0 Å². The predicted octanol–water partition coefficient (Wildman–Crippen LogP) is 7.66. The molecule has 5 nitrogen and oxygen atoms in total. The molecule has 2 amide bonds. The Morgan fingerprint density at radius 1 is 1.00 bits per heavy atom. The van der Waals surface area contributed by atoms with E-state index in [1.807, 2.05) is 0 Å². The molecule has 0 fully saturated rings. The van der Waals surface area contributed by atoms with Gasteiger partial charge < -0.3 is 10.6 Å². The van der Waals surface area contributed by atoms with E-state index >= 15 is 0 Å². The van der Waals surface area contributed by atoms with Gasteiger partial charge in [-0.25, -0.2) is 9.37 Å². The van der Waals surface area contributed by atoms with Gasteiger partial charge in [-0.1, -0.05) is 34.8 Å². The lowest BCUT2D eigenvalue weighted by Gasteiger charge is -2.26. The fraction of sp³-hybridized carbons (Fsp3) is 0.174. The fourth-order valence-electron chi connectivity index (χ4n) is 3.21. The maximum atomic E-state index is 14.1. The number of aryl methyl sites for hydroxylation is 1. The second-order valence-corrected chi connectivity index (χ2v) is 10.6. The quantitative estimate of drug-likeness (QED) is 0.303. The van der Waals surface area contributed by atoms with Crippen LogP contribution in [0.15, 0.2) is 48.7 Å². The Morgan fingerprint density at radius 2 is 1.65 bits per heavy atom. The number of aromatic nitrogens is 1. The Bertz CT molecular complexity index is 1240. The fourth-order valence-corrected chi connectivity index (χ4v) is 4.40. The number of pyridine rings is 1. The van der Waals surface area contributed by atoms with Gasteiger partial charge in [0.15, 0.2) is 11.6 Å². The number of hydrogen-bond donors (Lipinski definition) is 2. The molecule has 0 saturated heterocycles. The highest BCUT2D eigenvalue weighted by atomic mass is 35.5. The van der Waals surface area contributed by atoms with Crippen molar-refractivity contribution in [1.29, 1.82) is 0 Å². The number of anilines is 2. The van der Waals surface area contributed by atoms with E-state index in [9.17, 15) is 14.0 Å². The number of rotatable bonds is 6. The van der Waals surface area contributed by atoms with E-state index in [1.54, 1.807) is 6.92 Å². The molecule has 1 aromatic heterocycles. The van der Waals surface area contributed by atoms with Gasteiger partial charge in [0.05, 0.1) is 16.5 Å². The van der Waals surface area contributed by atoms with Crippen molar-refractivity contribution < 1.29 is 14.0 Å². The molecule has 11 heteroatoms. The second-order valence-electron chi connectivity index (χ2n) is 7.57. The van der Waals surface area contributed by atoms with Gasteiger partial charge in [0.2, 0.25) is 5.91 Å². The summed E-state index contributed by atoms with van der Waals surface area (Å²) in [6.07, 6.45) is 1.41. The highest BCUT2D eigenvalue weighted by Crippen LogP contribution is 2.40. The zero-order valence-electron chi connectivity index (χ0n) is 17.7. The number of carbonyl (C=O) groups is 2. The van der Waals surface area contributed by atoms with Crippen molar-refractivity contribution in [3.8, 4) is 0 Å². The largest absolute Gasteiger partial charge is 0.325 e. The van der Waals surface area contributed by atoms with Gasteiger partial charge in [-0.2, -0.15) is 0 Å². The van der Waals surface area contributed by atoms with Crippen molar-refractivity contribution in [2.24, 2.45) is 0 Å². The van der Waals surface area contributed by atoms with Crippen molar-refractivity contribution in [2.75, 3.05) is 10.6 Å². The molecule has 3 rings (SSSR count). The van der Waals surface area contributed by atoms with Gasteiger partial charge in [-0.15, -0.1) is 23.2 Å². The number of carbonyl (C=O) groups excluding carboxylic acids is 2. The van der Waals surface area contributed by atoms with Crippen LogP contribution in [-0.2, 0) is 4.79 Å². The van der Waals surface area contributed by atoms with Crippen molar-refractivity contribution in [1.82, 2.24) is 4.98 Å². The molecular weight excluding hydrogens is 547 g/mol. The molecule has 34 heavy (non-hydrogen) atoms. The monoisotopic (exact) mass is 561 g/mol. The average molecular weight is 564 g/mol. The van der Waals surface area contributed by atoms with E-state index in [0.29, 0.717) is 21.2 Å². The average Bonchev–Trinajstić information content (AvgIpc) is 2.69. The Hall–Kier alpha value is -2.09. The van der Waals surface area contributed by atoms with Crippen LogP contribution < -0.4 is 10.6 Å². The number of nitrogens with one attached hydrogen (secondary N) is 2. The molecule has 2 aromatic carbocycles. The summed E-state index contributed by atoms with van der Waals surface area (Å²) in [5.74, 6) is -3.30. The summed E-state index contributed by atoms with van der Waals surface area (Å²) in [6.45, 7) is 3.13. The minimum absolute atomic E-state index is 0.0110. The first-order valence-electron chi connectivity index (χ1n) is 9.73. The van der Waals surface area contributed by atoms with Gasteiger partial charge in [0.25, 0.3) is 5.91 Å². The molecule has 1 unspecified atom stereocenters. The molecule has 0 spiro atoms. The zero-order chi connectivity index (χ0) is 25.2. The first-order valence-corrected chi connectivity index (χ1v) is 11.6. The summed E-state index contributed by atoms with van der Waals surface area (Å²) in [5, 5.41) is 5.73. The highest BCUT2D eigenvalue weighted by Gasteiger charge is 2.38. The van der Waals surface area contributed by atoms with Crippen molar-refractivity contribution in [3.05, 3.63) is 86.2 Å². The second kappa shape index (κ2) is 10.7. The molecule has 178 valence electrons. The molecule has 1 heterocycles. The molecule has 0 aliphatic carbocycles. The lowest BCUT2D eigenvalue weighted by atomic mass is 9.94. The molecule has 2 N–H and O–H groups in total. The van der Waals surface area contributed by atoms with E-state index in [2.05, 4.69) is 15.6 Å². The zero-order valence-corrected chi connectivity index (χ0v) is 21.5. The lowest BCUT2D eigenvalue weighted by molar-refractivity contribution is -0.117. The maximum Gasteiger partial charge on any atom is 0.258 e.